The average Bonchev–Trinajstić information content (AvgIpc) is 3.09. The Labute approximate surface area is 190 Å². The highest BCUT2D eigenvalue weighted by molar-refractivity contribution is 8.76. The number of hydrogen-bond acceptors (Lipinski definition) is 3. The predicted molar refractivity (Wildman–Crippen MR) is 137 cm³/mol. The summed E-state index contributed by atoms with van der Waals surface area (Å²) in [6, 6.07) is 0. The molecule has 166 valence electrons. The van der Waals surface area contributed by atoms with E-state index >= 15 is 0 Å². The first-order chi connectivity index (χ1) is 13.7. The molecule has 0 aliphatic heterocycles. The molecular weight excluding hydrogens is 396 g/mol. The first-order valence-electron chi connectivity index (χ1n) is 12.6. The second-order valence-corrected chi connectivity index (χ2v) is 12.9. The van der Waals surface area contributed by atoms with Crippen LogP contribution in [0.25, 0.3) is 0 Å². The first-order valence-corrected chi connectivity index (χ1v) is 15.6. The highest BCUT2D eigenvalue weighted by Gasteiger charge is 2.29. The molecule has 3 heteroatoms. The maximum Gasteiger partial charge on any atom is 0.0179 e. The van der Waals surface area contributed by atoms with Gasteiger partial charge < -0.3 is 0 Å². The second-order valence-electron chi connectivity index (χ2n) is 9.93. The summed E-state index contributed by atoms with van der Waals surface area (Å²) in [7, 11) is 4.53. The van der Waals surface area contributed by atoms with Crippen molar-refractivity contribution in [3.63, 3.8) is 0 Å². The molecule has 0 aromatic carbocycles. The van der Waals surface area contributed by atoms with Gasteiger partial charge in [0.05, 0.1) is 0 Å². The highest BCUT2D eigenvalue weighted by Crippen LogP contribution is 2.45. The van der Waals surface area contributed by atoms with E-state index in [2.05, 4.69) is 48.1 Å². The van der Waals surface area contributed by atoms with Crippen LogP contribution in [0.3, 0.4) is 0 Å². The van der Waals surface area contributed by atoms with E-state index < -0.39 is 0 Å². The third-order valence-corrected chi connectivity index (χ3v) is 11.0. The molecule has 4 unspecified atom stereocenters. The van der Waals surface area contributed by atoms with Crippen LogP contribution >= 0.6 is 34.2 Å². The van der Waals surface area contributed by atoms with E-state index in [9.17, 15) is 0 Å². The molecule has 0 saturated heterocycles. The van der Waals surface area contributed by atoms with Crippen molar-refractivity contribution in [2.24, 2.45) is 23.7 Å². The molecule has 0 nitrogen and oxygen atoms in total. The molecule has 0 aromatic heterocycles. The van der Waals surface area contributed by atoms with Gasteiger partial charge in [0.25, 0.3) is 0 Å². The highest BCUT2D eigenvalue weighted by atomic mass is 33.1. The summed E-state index contributed by atoms with van der Waals surface area (Å²) in [5.74, 6) is 6.30. The van der Waals surface area contributed by atoms with E-state index in [0.29, 0.717) is 0 Å². The van der Waals surface area contributed by atoms with Gasteiger partial charge in [-0.3, -0.25) is 0 Å². The van der Waals surface area contributed by atoms with Crippen LogP contribution in [0.4, 0.5) is 0 Å². The molecule has 0 aromatic rings. The summed E-state index contributed by atoms with van der Waals surface area (Å²) in [6.07, 6.45) is 23.4. The van der Waals surface area contributed by atoms with Gasteiger partial charge in [0, 0.05) is 11.0 Å². The number of hydrogen-bond donors (Lipinski definition) is 1. The second kappa shape index (κ2) is 15.8. The molecule has 2 rings (SSSR count). The van der Waals surface area contributed by atoms with Gasteiger partial charge in [0.15, 0.2) is 0 Å². The van der Waals surface area contributed by atoms with Gasteiger partial charge in [-0.25, -0.2) is 0 Å². The molecule has 4 atom stereocenters. The van der Waals surface area contributed by atoms with E-state index in [1.54, 1.807) is 0 Å². The molecule has 0 spiro atoms. The minimum atomic E-state index is 0.861. The molecule has 0 amide bonds. The lowest BCUT2D eigenvalue weighted by atomic mass is 9.89. The van der Waals surface area contributed by atoms with Gasteiger partial charge in [0.1, 0.15) is 0 Å². The lowest BCUT2D eigenvalue weighted by molar-refractivity contribution is 0.359. The maximum atomic E-state index is 4.56. The van der Waals surface area contributed by atoms with Crippen molar-refractivity contribution in [1.82, 2.24) is 0 Å². The van der Waals surface area contributed by atoms with Crippen molar-refractivity contribution in [3.8, 4) is 0 Å². The summed E-state index contributed by atoms with van der Waals surface area (Å²) < 4.78 is 0. The van der Waals surface area contributed by atoms with Crippen molar-refractivity contribution >= 4 is 34.2 Å². The zero-order valence-electron chi connectivity index (χ0n) is 18.9. The predicted octanol–water partition coefficient (Wildman–Crippen LogP) is 9.44. The third kappa shape index (κ3) is 10.4. The van der Waals surface area contributed by atoms with Crippen molar-refractivity contribution in [1.29, 1.82) is 0 Å². The summed E-state index contributed by atoms with van der Waals surface area (Å²) in [5.41, 5.74) is 0. The minimum absolute atomic E-state index is 0.861. The van der Waals surface area contributed by atoms with Crippen LogP contribution in [0.1, 0.15) is 117 Å². The third-order valence-electron chi connectivity index (χ3n) is 7.28. The van der Waals surface area contributed by atoms with Crippen LogP contribution in [0.5, 0.6) is 0 Å². The van der Waals surface area contributed by atoms with E-state index in [-0.39, 0.29) is 0 Å². The summed E-state index contributed by atoms with van der Waals surface area (Å²) >= 11 is 4.56. The molecule has 2 aliphatic rings. The summed E-state index contributed by atoms with van der Waals surface area (Å²) in [5, 5.41) is 0.950. The normalized spacial score (nSPS) is 26.7. The lowest BCUT2D eigenvalue weighted by Crippen LogP contribution is -2.14. The van der Waals surface area contributed by atoms with E-state index in [1.165, 1.54) is 108 Å². The zero-order valence-corrected chi connectivity index (χ0v) is 21.4. The summed E-state index contributed by atoms with van der Waals surface area (Å²) in [6.45, 7) is 4.84. The van der Waals surface area contributed by atoms with Crippen LogP contribution in [-0.4, -0.2) is 16.8 Å². The first kappa shape index (κ1) is 25.3. The molecule has 2 saturated carbocycles. The van der Waals surface area contributed by atoms with Crippen LogP contribution in [0, 0.1) is 23.7 Å². The van der Waals surface area contributed by atoms with Gasteiger partial charge in [-0.15, -0.1) is 0 Å². The Hall–Kier alpha value is 1.05. The zero-order chi connectivity index (χ0) is 20.0. The molecule has 28 heavy (non-hydrogen) atoms. The standard InChI is InChI=1S/C25H48S3/c1-3-11-22(19-26)15-9-12-21(2)18-24-16-10-17-25(24)28-27-20-23-13-7-5-4-6-8-14-23/h21-26H,3-20H2,1-2H3. The van der Waals surface area contributed by atoms with E-state index in [0.717, 1.165) is 34.7 Å². The van der Waals surface area contributed by atoms with Crippen molar-refractivity contribution in [2.75, 3.05) is 11.5 Å². The van der Waals surface area contributed by atoms with Crippen molar-refractivity contribution in [3.05, 3.63) is 0 Å². The van der Waals surface area contributed by atoms with E-state index in [4.69, 9.17) is 0 Å². The fourth-order valence-corrected chi connectivity index (χ4v) is 9.36. The SMILES string of the molecule is CCCC(CS)CCCC(C)CC1CCCC1SSCC1CCCCCCC1. The van der Waals surface area contributed by atoms with Gasteiger partial charge >= 0.3 is 0 Å². The Balaban J connectivity index is 1.60. The smallest absolute Gasteiger partial charge is 0.0179 e. The Morgan fingerprint density at radius 3 is 2.36 bits per heavy atom. The fourth-order valence-electron chi connectivity index (χ4n) is 5.45. The largest absolute Gasteiger partial charge is 0.179 e. The quantitative estimate of drug-likeness (QED) is 0.222. The number of thiol groups is 1. The van der Waals surface area contributed by atoms with Crippen LogP contribution in [0.15, 0.2) is 0 Å². The Bertz CT molecular complexity index is 365. The van der Waals surface area contributed by atoms with Gasteiger partial charge in [-0.1, -0.05) is 93.2 Å². The molecular formula is C25H48S3. The molecule has 0 N–H and O–H groups in total. The topological polar surface area (TPSA) is 0 Å². The molecule has 0 radical (unpaired) electrons. The Kier molecular flexibility index (Phi) is 14.3. The lowest BCUT2D eigenvalue weighted by Gasteiger charge is -2.24. The molecule has 2 fully saturated rings. The van der Waals surface area contributed by atoms with Crippen molar-refractivity contribution < 1.29 is 0 Å². The van der Waals surface area contributed by atoms with Gasteiger partial charge in [0.2, 0.25) is 0 Å². The van der Waals surface area contributed by atoms with E-state index in [1.807, 2.05) is 0 Å². The molecule has 2 aliphatic carbocycles. The molecule has 0 heterocycles. The van der Waals surface area contributed by atoms with Gasteiger partial charge in [-0.2, -0.15) is 12.6 Å². The summed E-state index contributed by atoms with van der Waals surface area (Å²) in [4.78, 5) is 0. The monoisotopic (exact) mass is 444 g/mol. The van der Waals surface area contributed by atoms with Crippen LogP contribution in [0.2, 0.25) is 0 Å². The van der Waals surface area contributed by atoms with Crippen molar-refractivity contribution in [2.45, 2.75) is 122 Å². The molecule has 0 bridgehead atoms. The maximum absolute atomic E-state index is 4.56. The fraction of sp³-hybridized carbons (Fsp3) is 1.00. The van der Waals surface area contributed by atoms with Crippen LogP contribution < -0.4 is 0 Å². The Morgan fingerprint density at radius 2 is 1.64 bits per heavy atom. The Morgan fingerprint density at radius 1 is 0.893 bits per heavy atom. The van der Waals surface area contributed by atoms with Crippen LogP contribution in [-0.2, 0) is 0 Å². The number of rotatable bonds is 13. The van der Waals surface area contributed by atoms with Gasteiger partial charge in [-0.05, 0) is 74.4 Å². The average molecular weight is 445 g/mol. The minimum Gasteiger partial charge on any atom is -0.179 e.